The van der Waals surface area contributed by atoms with E-state index in [2.05, 4.69) is 17.4 Å². The number of piperazine rings is 1. The summed E-state index contributed by atoms with van der Waals surface area (Å²) in [6.45, 7) is 2.63. The molecule has 6 nitrogen and oxygen atoms in total. The summed E-state index contributed by atoms with van der Waals surface area (Å²) >= 11 is 0. The van der Waals surface area contributed by atoms with Gasteiger partial charge in [-0.2, -0.15) is 0 Å². The fourth-order valence-electron chi connectivity index (χ4n) is 3.84. The first-order valence-electron chi connectivity index (χ1n) is 11.0. The van der Waals surface area contributed by atoms with E-state index in [1.165, 1.54) is 5.56 Å². The average molecular weight is 429 g/mol. The molecule has 32 heavy (non-hydrogen) atoms. The zero-order valence-electron chi connectivity index (χ0n) is 18.1. The van der Waals surface area contributed by atoms with E-state index in [1.807, 2.05) is 83.8 Å². The van der Waals surface area contributed by atoms with Crippen LogP contribution in [0.1, 0.15) is 5.56 Å². The van der Waals surface area contributed by atoms with Crippen molar-refractivity contribution in [3.63, 3.8) is 0 Å². The van der Waals surface area contributed by atoms with E-state index < -0.39 is 0 Å². The minimum atomic E-state index is -0.0773. The second-order valence-corrected chi connectivity index (χ2v) is 7.73. The maximum atomic E-state index is 13.4. The fourth-order valence-corrected chi connectivity index (χ4v) is 3.84. The van der Waals surface area contributed by atoms with Gasteiger partial charge in [0.05, 0.1) is 11.4 Å². The number of benzene rings is 3. The summed E-state index contributed by atoms with van der Waals surface area (Å²) in [5, 5.41) is 2.99. The zero-order valence-corrected chi connectivity index (χ0v) is 18.1. The third-order valence-electron chi connectivity index (χ3n) is 5.59. The Morgan fingerprint density at radius 1 is 0.688 bits per heavy atom. The molecule has 0 bridgehead atoms. The molecule has 0 unspecified atom stereocenters. The average Bonchev–Trinajstić information content (AvgIpc) is 2.86. The molecule has 1 fully saturated rings. The van der Waals surface area contributed by atoms with E-state index >= 15 is 0 Å². The van der Waals surface area contributed by atoms with Crippen LogP contribution in [0.3, 0.4) is 0 Å². The van der Waals surface area contributed by atoms with Gasteiger partial charge >= 0.3 is 12.1 Å². The molecule has 0 spiro atoms. The Morgan fingerprint density at radius 3 is 1.69 bits per heavy atom. The second-order valence-electron chi connectivity index (χ2n) is 7.73. The number of amides is 4. The normalized spacial score (nSPS) is 13.5. The highest BCUT2D eigenvalue weighted by Crippen LogP contribution is 2.26. The number of anilines is 2. The van der Waals surface area contributed by atoms with Crippen LogP contribution in [0.4, 0.5) is 21.0 Å². The maximum absolute atomic E-state index is 13.4. The number of hydrogen-bond acceptors (Lipinski definition) is 2. The molecule has 1 aliphatic heterocycles. The summed E-state index contributed by atoms with van der Waals surface area (Å²) in [7, 11) is 0. The lowest BCUT2D eigenvalue weighted by atomic mass is 10.1. The minimum absolute atomic E-state index is 0.0731. The number of carbonyl (C=O) groups is 2. The van der Waals surface area contributed by atoms with E-state index in [-0.39, 0.29) is 12.1 Å². The molecule has 0 saturated carbocycles. The Bertz CT molecular complexity index is 964. The highest BCUT2D eigenvalue weighted by molar-refractivity contribution is 5.99. The lowest BCUT2D eigenvalue weighted by Gasteiger charge is -2.37. The minimum Gasteiger partial charge on any atom is -0.338 e. The number of carbonyl (C=O) groups excluding carboxylic acids is 2. The molecule has 164 valence electrons. The summed E-state index contributed by atoms with van der Waals surface area (Å²) in [5.41, 5.74) is 2.85. The molecule has 1 aliphatic rings. The highest BCUT2D eigenvalue weighted by Gasteiger charge is 2.28. The van der Waals surface area contributed by atoms with Crippen molar-refractivity contribution in [3.05, 3.63) is 96.6 Å². The standard InChI is InChI=1S/C26H28N4O2/c31-25(27-17-16-22-10-4-1-5-11-22)28-18-20-29(21-19-28)26(32)30(23-12-6-2-7-13-23)24-14-8-3-9-15-24/h1-15H,16-21H2,(H,27,31). The van der Waals surface area contributed by atoms with Gasteiger partial charge in [-0.25, -0.2) is 9.59 Å². The molecule has 4 rings (SSSR count). The van der Waals surface area contributed by atoms with Crippen molar-refractivity contribution >= 4 is 23.4 Å². The molecule has 0 aromatic heterocycles. The third kappa shape index (κ3) is 5.27. The van der Waals surface area contributed by atoms with Crippen LogP contribution >= 0.6 is 0 Å². The summed E-state index contributed by atoms with van der Waals surface area (Å²) in [6, 6.07) is 29.3. The highest BCUT2D eigenvalue weighted by atomic mass is 16.2. The van der Waals surface area contributed by atoms with Crippen molar-refractivity contribution in [2.75, 3.05) is 37.6 Å². The van der Waals surface area contributed by atoms with Gasteiger partial charge in [0, 0.05) is 32.7 Å². The summed E-state index contributed by atoms with van der Waals surface area (Å²) in [6.07, 6.45) is 0.800. The number of rotatable bonds is 5. The van der Waals surface area contributed by atoms with Crippen LogP contribution in [0.15, 0.2) is 91.0 Å². The monoisotopic (exact) mass is 428 g/mol. The van der Waals surface area contributed by atoms with Gasteiger partial charge in [-0.05, 0) is 36.2 Å². The van der Waals surface area contributed by atoms with Crippen LogP contribution in [0.5, 0.6) is 0 Å². The smallest absolute Gasteiger partial charge is 0.329 e. The first-order valence-corrected chi connectivity index (χ1v) is 11.0. The SMILES string of the molecule is O=C(NCCc1ccccc1)N1CCN(C(=O)N(c2ccccc2)c2ccccc2)CC1. The summed E-state index contributed by atoms with van der Waals surface area (Å²) in [4.78, 5) is 31.3. The van der Waals surface area contributed by atoms with Gasteiger partial charge in [0.15, 0.2) is 0 Å². The van der Waals surface area contributed by atoms with Gasteiger partial charge < -0.3 is 15.1 Å². The number of nitrogens with one attached hydrogen (secondary N) is 1. The Balaban J connectivity index is 1.34. The van der Waals surface area contributed by atoms with E-state index in [9.17, 15) is 9.59 Å². The third-order valence-corrected chi connectivity index (χ3v) is 5.59. The summed E-state index contributed by atoms with van der Waals surface area (Å²) in [5.74, 6) is 0. The fraction of sp³-hybridized carbons (Fsp3) is 0.231. The molecule has 4 amide bonds. The van der Waals surface area contributed by atoms with E-state index in [0.717, 1.165) is 17.8 Å². The van der Waals surface area contributed by atoms with Crippen LogP contribution in [0.25, 0.3) is 0 Å². The number of para-hydroxylation sites is 2. The van der Waals surface area contributed by atoms with Crippen molar-refractivity contribution in [1.82, 2.24) is 15.1 Å². The largest absolute Gasteiger partial charge is 0.338 e. The van der Waals surface area contributed by atoms with Gasteiger partial charge in [-0.3, -0.25) is 4.90 Å². The predicted octanol–water partition coefficient (Wildman–Crippen LogP) is 4.51. The van der Waals surface area contributed by atoms with Gasteiger partial charge in [0.1, 0.15) is 0 Å². The van der Waals surface area contributed by atoms with E-state index in [1.54, 1.807) is 9.80 Å². The molecular weight excluding hydrogens is 400 g/mol. The number of urea groups is 2. The van der Waals surface area contributed by atoms with E-state index in [4.69, 9.17) is 0 Å². The van der Waals surface area contributed by atoms with Gasteiger partial charge in [0.2, 0.25) is 0 Å². The van der Waals surface area contributed by atoms with Crippen LogP contribution < -0.4 is 10.2 Å². The zero-order chi connectivity index (χ0) is 22.2. The van der Waals surface area contributed by atoms with Gasteiger partial charge in [-0.15, -0.1) is 0 Å². The molecule has 0 radical (unpaired) electrons. The number of nitrogens with zero attached hydrogens (tertiary/aromatic N) is 3. The van der Waals surface area contributed by atoms with Crippen LogP contribution in [0, 0.1) is 0 Å². The Hall–Kier alpha value is -3.80. The van der Waals surface area contributed by atoms with Gasteiger partial charge in [-0.1, -0.05) is 66.7 Å². The number of hydrogen-bond donors (Lipinski definition) is 1. The van der Waals surface area contributed by atoms with Crippen molar-refractivity contribution in [2.45, 2.75) is 6.42 Å². The molecule has 3 aromatic rings. The maximum Gasteiger partial charge on any atom is 0.329 e. The Morgan fingerprint density at radius 2 is 1.16 bits per heavy atom. The molecule has 1 saturated heterocycles. The molecule has 6 heteroatoms. The van der Waals surface area contributed by atoms with Crippen molar-refractivity contribution in [1.29, 1.82) is 0 Å². The lowest BCUT2D eigenvalue weighted by Crippen LogP contribution is -2.55. The Kier molecular flexibility index (Phi) is 7.02. The molecule has 1 heterocycles. The van der Waals surface area contributed by atoms with Crippen molar-refractivity contribution in [2.24, 2.45) is 0 Å². The topological polar surface area (TPSA) is 55.9 Å². The Labute approximate surface area is 189 Å². The van der Waals surface area contributed by atoms with Crippen molar-refractivity contribution in [3.8, 4) is 0 Å². The molecule has 1 N–H and O–H groups in total. The second kappa shape index (κ2) is 10.5. The summed E-state index contributed by atoms with van der Waals surface area (Å²) < 4.78 is 0. The molecular formula is C26H28N4O2. The first-order chi connectivity index (χ1) is 15.7. The molecule has 0 aliphatic carbocycles. The van der Waals surface area contributed by atoms with Crippen LogP contribution in [0.2, 0.25) is 0 Å². The van der Waals surface area contributed by atoms with Gasteiger partial charge in [0.25, 0.3) is 0 Å². The van der Waals surface area contributed by atoms with Crippen LogP contribution in [-0.2, 0) is 6.42 Å². The lowest BCUT2D eigenvalue weighted by molar-refractivity contribution is 0.147. The predicted molar refractivity (Wildman–Crippen MR) is 127 cm³/mol. The molecule has 0 atom stereocenters. The molecule has 3 aromatic carbocycles. The van der Waals surface area contributed by atoms with Crippen LogP contribution in [-0.4, -0.2) is 54.6 Å². The van der Waals surface area contributed by atoms with Crippen molar-refractivity contribution < 1.29 is 9.59 Å². The quantitative estimate of drug-likeness (QED) is 0.650. The first kappa shape index (κ1) is 21.4. The van der Waals surface area contributed by atoms with E-state index in [0.29, 0.717) is 32.7 Å².